The lowest BCUT2D eigenvalue weighted by atomic mass is 9.73. The summed E-state index contributed by atoms with van der Waals surface area (Å²) < 4.78 is 5.22. The van der Waals surface area contributed by atoms with Gasteiger partial charge in [-0.25, -0.2) is 0 Å². The van der Waals surface area contributed by atoms with Gasteiger partial charge < -0.3 is 14.7 Å². The fourth-order valence-corrected chi connectivity index (χ4v) is 4.21. The van der Waals surface area contributed by atoms with E-state index in [1.165, 1.54) is 0 Å². The van der Waals surface area contributed by atoms with Gasteiger partial charge in [0.05, 0.1) is 25.8 Å². The Hall–Kier alpha value is -3.28. The number of nitriles is 1. The summed E-state index contributed by atoms with van der Waals surface area (Å²) in [7, 11) is 1.63. The summed E-state index contributed by atoms with van der Waals surface area (Å²) in [6.07, 6.45) is 2.83. The van der Waals surface area contributed by atoms with Crippen LogP contribution in [0.4, 0.5) is 0 Å². The number of aliphatic hydroxyl groups excluding tert-OH is 1. The lowest BCUT2D eigenvalue weighted by molar-refractivity contribution is -0.154. The van der Waals surface area contributed by atoms with Gasteiger partial charge in [-0.2, -0.15) is 5.26 Å². The van der Waals surface area contributed by atoms with E-state index in [1.807, 2.05) is 48.5 Å². The zero-order valence-electron chi connectivity index (χ0n) is 16.9. The van der Waals surface area contributed by atoms with Crippen molar-refractivity contribution in [3.63, 3.8) is 0 Å². The van der Waals surface area contributed by atoms with E-state index in [-0.39, 0.29) is 30.4 Å². The van der Waals surface area contributed by atoms with E-state index in [0.29, 0.717) is 0 Å². The van der Waals surface area contributed by atoms with Crippen molar-refractivity contribution in [1.82, 2.24) is 4.90 Å². The summed E-state index contributed by atoms with van der Waals surface area (Å²) in [6, 6.07) is 16.7. The number of hydrogen-bond donors (Lipinski definition) is 1. The van der Waals surface area contributed by atoms with Crippen molar-refractivity contribution in [2.45, 2.75) is 37.3 Å². The molecule has 4 rings (SSSR count). The number of benzene rings is 2. The molecule has 5 nitrogen and oxygen atoms in total. The molecule has 152 valence electrons. The average molecular weight is 400 g/mol. The Morgan fingerprint density at radius 2 is 1.90 bits per heavy atom. The van der Waals surface area contributed by atoms with Gasteiger partial charge in [0.1, 0.15) is 11.8 Å². The Morgan fingerprint density at radius 1 is 1.17 bits per heavy atom. The number of methoxy groups -OCH3 is 1. The maximum absolute atomic E-state index is 12.7. The first kappa shape index (κ1) is 20.0. The first-order valence-electron chi connectivity index (χ1n) is 10.2. The molecule has 1 saturated carbocycles. The highest BCUT2D eigenvalue weighted by molar-refractivity contribution is 5.82. The van der Waals surface area contributed by atoms with E-state index in [9.17, 15) is 15.2 Å². The first-order valence-corrected chi connectivity index (χ1v) is 10.2. The van der Waals surface area contributed by atoms with Crippen LogP contribution in [-0.4, -0.2) is 41.7 Å². The summed E-state index contributed by atoms with van der Waals surface area (Å²) in [5.41, 5.74) is 2.68. The number of nitrogens with zero attached hydrogens (tertiary/aromatic N) is 2. The molecule has 1 saturated heterocycles. The van der Waals surface area contributed by atoms with E-state index < -0.39 is 6.04 Å². The molecule has 0 spiro atoms. The lowest BCUT2D eigenvalue weighted by Gasteiger charge is -2.53. The number of amides is 1. The molecule has 1 heterocycles. The summed E-state index contributed by atoms with van der Waals surface area (Å²) in [4.78, 5) is 14.3. The molecule has 1 aliphatic carbocycles. The van der Waals surface area contributed by atoms with E-state index in [0.717, 1.165) is 41.7 Å². The molecule has 2 aromatic rings. The van der Waals surface area contributed by atoms with Crippen LogP contribution < -0.4 is 4.74 Å². The van der Waals surface area contributed by atoms with Crippen molar-refractivity contribution in [3.8, 4) is 23.7 Å². The first-order chi connectivity index (χ1) is 14.7. The average Bonchev–Trinajstić information content (AvgIpc) is 2.72. The molecule has 0 radical (unpaired) electrons. The Labute approximate surface area is 176 Å². The van der Waals surface area contributed by atoms with E-state index in [4.69, 9.17) is 4.74 Å². The Balaban J connectivity index is 1.50. The second-order valence-corrected chi connectivity index (χ2v) is 7.83. The smallest absolute Gasteiger partial charge is 0.227 e. The number of carbonyl (C=O) groups is 1. The van der Waals surface area contributed by atoms with Gasteiger partial charge in [0.2, 0.25) is 5.91 Å². The van der Waals surface area contributed by atoms with Crippen LogP contribution in [0.2, 0.25) is 0 Å². The molecular formula is C25H24N2O3. The van der Waals surface area contributed by atoms with Gasteiger partial charge >= 0.3 is 0 Å². The molecule has 30 heavy (non-hydrogen) atoms. The van der Waals surface area contributed by atoms with Crippen molar-refractivity contribution >= 4 is 5.91 Å². The summed E-state index contributed by atoms with van der Waals surface area (Å²) in [5.74, 6) is 6.89. The minimum absolute atomic E-state index is 0.0175. The van der Waals surface area contributed by atoms with Crippen LogP contribution in [0.1, 0.15) is 41.9 Å². The van der Waals surface area contributed by atoms with Gasteiger partial charge in [-0.05, 0) is 48.7 Å². The van der Waals surface area contributed by atoms with Crippen molar-refractivity contribution < 1.29 is 14.6 Å². The molecule has 2 aliphatic rings. The highest BCUT2D eigenvalue weighted by atomic mass is 16.5. The van der Waals surface area contributed by atoms with E-state index >= 15 is 0 Å². The highest BCUT2D eigenvalue weighted by Gasteiger charge is 2.53. The fraction of sp³-hybridized carbons (Fsp3) is 0.360. The zero-order valence-corrected chi connectivity index (χ0v) is 16.9. The second-order valence-electron chi connectivity index (χ2n) is 7.83. The zero-order chi connectivity index (χ0) is 21.1. The number of ether oxygens (including phenoxy) is 1. The molecular weight excluding hydrogens is 376 g/mol. The topological polar surface area (TPSA) is 73.6 Å². The quantitative estimate of drug-likeness (QED) is 0.801. The standard InChI is InChI=1S/C25H24N2O3/c1-30-21-7-2-4-18(14-21)9-8-17-10-12-19(13-11-17)24-22(15-26)27(23(24)16-28)25(29)20-5-3-6-20/h2,4,7,10-14,20,22-24,28H,3,5-6,16H2,1H3/t22-,23+,24-/m0/s1. The van der Waals surface area contributed by atoms with Gasteiger partial charge in [0.25, 0.3) is 0 Å². The third-order valence-electron chi connectivity index (χ3n) is 6.16. The number of likely N-dealkylation sites (tertiary alicyclic amines) is 1. The maximum Gasteiger partial charge on any atom is 0.227 e. The van der Waals surface area contributed by atoms with Gasteiger partial charge in [0, 0.05) is 23.0 Å². The molecule has 2 fully saturated rings. The molecule has 5 heteroatoms. The van der Waals surface area contributed by atoms with Gasteiger partial charge in [-0.15, -0.1) is 0 Å². The molecule has 2 aromatic carbocycles. The van der Waals surface area contributed by atoms with E-state index in [1.54, 1.807) is 12.0 Å². The maximum atomic E-state index is 12.7. The molecule has 1 N–H and O–H groups in total. The largest absolute Gasteiger partial charge is 0.497 e. The van der Waals surface area contributed by atoms with Gasteiger partial charge in [0.15, 0.2) is 0 Å². The minimum Gasteiger partial charge on any atom is -0.497 e. The molecule has 0 bridgehead atoms. The Morgan fingerprint density at radius 3 is 2.50 bits per heavy atom. The predicted molar refractivity (Wildman–Crippen MR) is 113 cm³/mol. The number of rotatable bonds is 4. The molecule has 0 aromatic heterocycles. The predicted octanol–water partition coefficient (Wildman–Crippen LogP) is 3.07. The van der Waals surface area contributed by atoms with Crippen LogP contribution in [0.15, 0.2) is 48.5 Å². The van der Waals surface area contributed by atoms with Crippen LogP contribution in [0.25, 0.3) is 0 Å². The van der Waals surface area contributed by atoms with Crippen molar-refractivity contribution in [2.75, 3.05) is 13.7 Å². The van der Waals surface area contributed by atoms with E-state index in [2.05, 4.69) is 17.9 Å². The molecule has 1 amide bonds. The third-order valence-corrected chi connectivity index (χ3v) is 6.16. The Bertz CT molecular complexity index is 1020. The van der Waals surface area contributed by atoms with Gasteiger partial charge in [-0.1, -0.05) is 36.5 Å². The number of aliphatic hydroxyl groups is 1. The number of carbonyl (C=O) groups excluding carboxylic acids is 1. The Kier molecular flexibility index (Phi) is 5.74. The van der Waals surface area contributed by atoms with Gasteiger partial charge in [-0.3, -0.25) is 4.79 Å². The highest BCUT2D eigenvalue weighted by Crippen LogP contribution is 2.43. The van der Waals surface area contributed by atoms with Crippen LogP contribution in [0, 0.1) is 29.1 Å². The molecule has 1 aliphatic heterocycles. The summed E-state index contributed by atoms with van der Waals surface area (Å²) in [6.45, 7) is -0.140. The van der Waals surface area contributed by atoms with Crippen LogP contribution in [0.5, 0.6) is 5.75 Å². The normalized spacial score (nSPS) is 22.7. The monoisotopic (exact) mass is 400 g/mol. The SMILES string of the molecule is COc1cccc(C#Cc2ccc([C@@H]3[C@@H](CO)N(C(=O)C4CCC4)[C@H]3C#N)cc2)c1. The summed E-state index contributed by atoms with van der Waals surface area (Å²) >= 11 is 0. The minimum atomic E-state index is -0.524. The lowest BCUT2D eigenvalue weighted by Crippen LogP contribution is -2.66. The number of hydrogen-bond acceptors (Lipinski definition) is 4. The molecule has 3 atom stereocenters. The summed E-state index contributed by atoms with van der Waals surface area (Å²) in [5, 5.41) is 19.6. The molecule has 0 unspecified atom stereocenters. The fourth-order valence-electron chi connectivity index (χ4n) is 4.21. The third kappa shape index (κ3) is 3.65. The van der Waals surface area contributed by atoms with Crippen molar-refractivity contribution in [1.29, 1.82) is 5.26 Å². The van der Waals surface area contributed by atoms with Crippen molar-refractivity contribution in [3.05, 3.63) is 65.2 Å². The van der Waals surface area contributed by atoms with Crippen LogP contribution in [0.3, 0.4) is 0 Å². The second kappa shape index (κ2) is 8.61. The van der Waals surface area contributed by atoms with Crippen molar-refractivity contribution in [2.24, 2.45) is 5.92 Å². The van der Waals surface area contributed by atoms with Crippen LogP contribution in [-0.2, 0) is 4.79 Å². The van der Waals surface area contributed by atoms with Crippen LogP contribution >= 0.6 is 0 Å².